The zero-order valence-corrected chi connectivity index (χ0v) is 20.1. The van der Waals surface area contributed by atoms with Crippen molar-refractivity contribution >= 4 is 28.1 Å². The summed E-state index contributed by atoms with van der Waals surface area (Å²) in [5.41, 5.74) is 7.12. The smallest absolute Gasteiger partial charge is 0.167 e. The average molecular weight is 471 g/mol. The molecular weight excluding hydrogens is 444 g/mol. The summed E-state index contributed by atoms with van der Waals surface area (Å²) in [6.45, 7) is 1.31. The highest BCUT2D eigenvalue weighted by atomic mass is 16.5. The first kappa shape index (κ1) is 21.9. The van der Waals surface area contributed by atoms with Crippen molar-refractivity contribution in [3.05, 3.63) is 126 Å². The molecule has 0 spiro atoms. The monoisotopic (exact) mass is 470 g/mol. The molecule has 6 aromatic rings. The molecule has 2 heterocycles. The van der Waals surface area contributed by atoms with Crippen molar-refractivity contribution < 1.29 is 9.53 Å². The van der Waals surface area contributed by atoms with E-state index in [4.69, 9.17) is 4.74 Å². The Morgan fingerprint density at radius 3 is 2.00 bits per heavy atom. The van der Waals surface area contributed by atoms with Gasteiger partial charge in [-0.15, -0.1) is 0 Å². The number of hydrogen-bond acceptors (Lipinski definition) is 2. The van der Waals surface area contributed by atoms with E-state index in [1.807, 2.05) is 36.4 Å². The van der Waals surface area contributed by atoms with E-state index >= 15 is 0 Å². The van der Waals surface area contributed by atoms with Gasteiger partial charge < -0.3 is 13.9 Å². The van der Waals surface area contributed by atoms with Crippen LogP contribution >= 0.6 is 0 Å². The van der Waals surface area contributed by atoms with Crippen molar-refractivity contribution in [1.29, 1.82) is 0 Å². The van der Waals surface area contributed by atoms with Gasteiger partial charge in [0.15, 0.2) is 6.29 Å². The highest BCUT2D eigenvalue weighted by molar-refractivity contribution is 6.06. The molecule has 4 aromatic carbocycles. The minimum absolute atomic E-state index is 0.608. The minimum Gasteiger partial charge on any atom is -0.497 e. The Morgan fingerprint density at radius 2 is 1.33 bits per heavy atom. The number of aromatic nitrogens is 2. The number of rotatable bonds is 7. The van der Waals surface area contributed by atoms with Gasteiger partial charge in [-0.1, -0.05) is 78.9 Å². The van der Waals surface area contributed by atoms with E-state index in [-0.39, 0.29) is 0 Å². The van der Waals surface area contributed by atoms with Crippen LogP contribution in [0.4, 0.5) is 0 Å². The summed E-state index contributed by atoms with van der Waals surface area (Å²) in [4.78, 5) is 12.8. The van der Waals surface area contributed by atoms with Crippen molar-refractivity contribution in [2.45, 2.75) is 13.1 Å². The molecule has 0 aliphatic heterocycles. The number of carbonyl (C=O) groups excluding carboxylic acids is 1. The van der Waals surface area contributed by atoms with E-state index < -0.39 is 0 Å². The largest absolute Gasteiger partial charge is 0.497 e. The van der Waals surface area contributed by atoms with Crippen LogP contribution in [0, 0.1) is 0 Å². The second-order valence-corrected chi connectivity index (χ2v) is 8.99. The minimum atomic E-state index is 0.608. The molecule has 4 heteroatoms. The molecule has 36 heavy (non-hydrogen) atoms. The van der Waals surface area contributed by atoms with Crippen LogP contribution in [0.1, 0.15) is 21.6 Å². The van der Waals surface area contributed by atoms with Crippen molar-refractivity contribution in [2.24, 2.45) is 0 Å². The number of nitrogens with zero attached hydrogens (tertiary/aromatic N) is 2. The van der Waals surface area contributed by atoms with Crippen molar-refractivity contribution in [3.63, 3.8) is 0 Å². The summed E-state index contributed by atoms with van der Waals surface area (Å²) in [5, 5.41) is 2.15. The Hall–Kier alpha value is -4.57. The van der Waals surface area contributed by atoms with Gasteiger partial charge in [0.1, 0.15) is 5.75 Å². The van der Waals surface area contributed by atoms with Crippen molar-refractivity contribution in [3.8, 4) is 17.0 Å². The summed E-state index contributed by atoms with van der Waals surface area (Å²) in [5.74, 6) is 0.767. The quantitative estimate of drug-likeness (QED) is 0.232. The van der Waals surface area contributed by atoms with Crippen LogP contribution in [-0.4, -0.2) is 22.5 Å². The molecule has 6 rings (SSSR count). The third-order valence-corrected chi connectivity index (χ3v) is 6.86. The van der Waals surface area contributed by atoms with E-state index in [1.54, 1.807) is 7.11 Å². The van der Waals surface area contributed by atoms with E-state index in [9.17, 15) is 4.79 Å². The van der Waals surface area contributed by atoms with Gasteiger partial charge in [-0.3, -0.25) is 4.79 Å². The second-order valence-electron chi connectivity index (χ2n) is 8.99. The predicted octanol–water partition coefficient (Wildman–Crippen LogP) is 7.18. The third-order valence-electron chi connectivity index (χ3n) is 6.86. The van der Waals surface area contributed by atoms with Crippen LogP contribution in [0.25, 0.3) is 33.1 Å². The SMILES string of the molecule is COc1ccc2c(c1)c(-c1cc3ccccc3n1Cc1ccccc1)c(C=O)n2Cc1ccccc1. The number of fused-ring (bicyclic) bond motifs is 2. The highest BCUT2D eigenvalue weighted by Crippen LogP contribution is 2.39. The van der Waals surface area contributed by atoms with Crippen LogP contribution in [0.2, 0.25) is 0 Å². The lowest BCUT2D eigenvalue weighted by molar-refractivity contribution is 0.111. The van der Waals surface area contributed by atoms with Gasteiger partial charge in [0.25, 0.3) is 0 Å². The molecule has 0 unspecified atom stereocenters. The van der Waals surface area contributed by atoms with Gasteiger partial charge in [-0.25, -0.2) is 0 Å². The summed E-state index contributed by atoms with van der Waals surface area (Å²) in [7, 11) is 1.68. The van der Waals surface area contributed by atoms with Crippen LogP contribution < -0.4 is 4.74 Å². The fourth-order valence-electron chi connectivity index (χ4n) is 5.16. The molecule has 4 nitrogen and oxygen atoms in total. The molecule has 0 bridgehead atoms. The molecule has 0 radical (unpaired) electrons. The van der Waals surface area contributed by atoms with E-state index in [1.165, 1.54) is 5.56 Å². The van der Waals surface area contributed by atoms with Crippen LogP contribution in [0.5, 0.6) is 5.75 Å². The van der Waals surface area contributed by atoms with E-state index in [0.717, 1.165) is 50.7 Å². The Kier molecular flexibility index (Phi) is 5.62. The van der Waals surface area contributed by atoms with Gasteiger partial charge >= 0.3 is 0 Å². The number of ether oxygens (including phenoxy) is 1. The molecule has 0 saturated carbocycles. The second kappa shape index (κ2) is 9.23. The Balaban J connectivity index is 1.65. The first-order valence-electron chi connectivity index (χ1n) is 12.1. The average Bonchev–Trinajstić information content (AvgIpc) is 3.44. The number of hydrogen-bond donors (Lipinski definition) is 0. The zero-order valence-electron chi connectivity index (χ0n) is 20.1. The molecule has 0 amide bonds. The number of carbonyl (C=O) groups is 1. The molecule has 0 saturated heterocycles. The van der Waals surface area contributed by atoms with Crippen LogP contribution in [0.3, 0.4) is 0 Å². The Labute approximate surface area is 210 Å². The number of benzene rings is 4. The van der Waals surface area contributed by atoms with Gasteiger partial charge in [-0.2, -0.15) is 0 Å². The van der Waals surface area contributed by atoms with Crippen molar-refractivity contribution in [2.75, 3.05) is 7.11 Å². The van der Waals surface area contributed by atoms with Gasteiger partial charge in [-0.05, 0) is 41.5 Å². The van der Waals surface area contributed by atoms with Crippen molar-refractivity contribution in [1.82, 2.24) is 9.13 Å². The Bertz CT molecular complexity index is 1680. The molecule has 2 aromatic heterocycles. The standard InChI is InChI=1S/C32H26N2O2/c1-36-26-16-17-29-27(19-26)32(31(22-35)34(29)21-24-12-6-3-7-13-24)30-18-25-14-8-9-15-28(25)33(30)20-23-10-4-2-5-11-23/h2-19,22H,20-21H2,1H3. The van der Waals surface area contributed by atoms with E-state index in [0.29, 0.717) is 18.8 Å². The van der Waals surface area contributed by atoms with Gasteiger partial charge in [0.05, 0.1) is 18.5 Å². The molecule has 0 fully saturated rings. The number of aldehydes is 1. The Morgan fingerprint density at radius 1 is 0.694 bits per heavy atom. The molecule has 0 aliphatic rings. The summed E-state index contributed by atoms with van der Waals surface area (Å²) < 4.78 is 10.0. The topological polar surface area (TPSA) is 36.2 Å². The zero-order chi connectivity index (χ0) is 24.5. The maximum absolute atomic E-state index is 12.8. The maximum atomic E-state index is 12.8. The highest BCUT2D eigenvalue weighted by Gasteiger charge is 2.23. The maximum Gasteiger partial charge on any atom is 0.167 e. The first-order valence-corrected chi connectivity index (χ1v) is 12.1. The van der Waals surface area contributed by atoms with Gasteiger partial charge in [0.2, 0.25) is 0 Å². The third kappa shape index (κ3) is 3.77. The lowest BCUT2D eigenvalue weighted by atomic mass is 10.1. The first-order chi connectivity index (χ1) is 17.8. The summed E-state index contributed by atoms with van der Waals surface area (Å²) in [6, 6.07) is 37.4. The normalized spacial score (nSPS) is 11.2. The lowest BCUT2D eigenvalue weighted by Gasteiger charge is -2.12. The summed E-state index contributed by atoms with van der Waals surface area (Å²) >= 11 is 0. The number of para-hydroxylation sites is 1. The van der Waals surface area contributed by atoms with Crippen LogP contribution in [0.15, 0.2) is 109 Å². The molecule has 0 N–H and O–H groups in total. The molecule has 176 valence electrons. The van der Waals surface area contributed by atoms with E-state index in [2.05, 4.69) is 81.9 Å². The molecule has 0 atom stereocenters. The van der Waals surface area contributed by atoms with Crippen LogP contribution in [-0.2, 0) is 13.1 Å². The fraction of sp³-hybridized carbons (Fsp3) is 0.0938. The molecule has 0 aliphatic carbocycles. The fourth-order valence-corrected chi connectivity index (χ4v) is 5.16. The predicted molar refractivity (Wildman–Crippen MR) is 146 cm³/mol. The lowest BCUT2D eigenvalue weighted by Crippen LogP contribution is -2.06. The van der Waals surface area contributed by atoms with Gasteiger partial charge in [0, 0.05) is 40.5 Å². The molecular formula is C32H26N2O2. The number of methoxy groups -OCH3 is 1. The summed E-state index contributed by atoms with van der Waals surface area (Å²) in [6.07, 6.45) is 0.995.